The number of nitrogens with one attached hydrogen (secondary N) is 1. The van der Waals surface area contributed by atoms with Gasteiger partial charge in [-0.1, -0.05) is 18.2 Å². The van der Waals surface area contributed by atoms with E-state index in [0.29, 0.717) is 41.0 Å². The number of fused-ring (bicyclic) bond motifs is 2. The molecule has 0 aliphatic carbocycles. The molecule has 192 valence electrons. The van der Waals surface area contributed by atoms with Crippen LogP contribution in [0.3, 0.4) is 0 Å². The Morgan fingerprint density at radius 1 is 0.865 bits per heavy atom. The van der Waals surface area contributed by atoms with Crippen LogP contribution in [0.4, 0.5) is 0 Å². The van der Waals surface area contributed by atoms with Crippen LogP contribution in [0.2, 0.25) is 0 Å². The Labute approximate surface area is 211 Å². The molecule has 1 amide bonds. The van der Waals surface area contributed by atoms with E-state index in [1.54, 1.807) is 18.2 Å². The van der Waals surface area contributed by atoms with Gasteiger partial charge in [0.25, 0.3) is 5.91 Å². The van der Waals surface area contributed by atoms with Crippen molar-refractivity contribution in [3.05, 3.63) is 82.4 Å². The van der Waals surface area contributed by atoms with Gasteiger partial charge in [-0.25, -0.2) is 4.79 Å². The normalized spacial score (nSPS) is 13.1. The van der Waals surface area contributed by atoms with Crippen molar-refractivity contribution >= 4 is 17.8 Å². The summed E-state index contributed by atoms with van der Waals surface area (Å²) in [5.41, 5.74) is 7.20. The van der Waals surface area contributed by atoms with E-state index in [2.05, 4.69) is 5.32 Å². The molecule has 1 atom stereocenters. The first-order valence-corrected chi connectivity index (χ1v) is 11.6. The number of carboxylic acid groups (broad SMARTS) is 2. The molecule has 0 aromatic heterocycles. The van der Waals surface area contributed by atoms with Crippen LogP contribution in [-0.4, -0.2) is 50.9 Å². The van der Waals surface area contributed by atoms with Crippen molar-refractivity contribution < 1.29 is 39.5 Å². The fourth-order valence-electron chi connectivity index (χ4n) is 4.37. The predicted octanol–water partition coefficient (Wildman–Crippen LogP) is 3.39. The number of carboxylic acids is 2. The summed E-state index contributed by atoms with van der Waals surface area (Å²) < 4.78 is 5.87. The van der Waals surface area contributed by atoms with Gasteiger partial charge in [0, 0.05) is 41.3 Å². The average Bonchev–Trinajstić information content (AvgIpc) is 2.86. The lowest BCUT2D eigenvalue weighted by atomic mass is 9.80. The van der Waals surface area contributed by atoms with E-state index >= 15 is 0 Å². The van der Waals surface area contributed by atoms with Crippen LogP contribution in [0, 0.1) is 0 Å². The minimum absolute atomic E-state index is 0.0310. The summed E-state index contributed by atoms with van der Waals surface area (Å²) >= 11 is 0. The summed E-state index contributed by atoms with van der Waals surface area (Å²) in [4.78, 5) is 35.8. The van der Waals surface area contributed by atoms with Gasteiger partial charge in [-0.05, 0) is 49.1 Å². The zero-order valence-electron chi connectivity index (χ0n) is 19.7. The molecule has 7 N–H and O–H groups in total. The number of amides is 1. The van der Waals surface area contributed by atoms with Crippen molar-refractivity contribution in [2.45, 2.75) is 31.2 Å². The lowest BCUT2D eigenvalue weighted by Crippen LogP contribution is -2.30. The van der Waals surface area contributed by atoms with Crippen molar-refractivity contribution in [1.29, 1.82) is 0 Å². The maximum absolute atomic E-state index is 12.7. The Morgan fingerprint density at radius 3 is 2.03 bits per heavy atom. The van der Waals surface area contributed by atoms with Gasteiger partial charge in [0.05, 0.1) is 5.56 Å². The molecule has 1 aliphatic heterocycles. The minimum Gasteiger partial charge on any atom is -0.508 e. The van der Waals surface area contributed by atoms with E-state index in [-0.39, 0.29) is 35.6 Å². The quantitative estimate of drug-likeness (QED) is 0.186. The van der Waals surface area contributed by atoms with E-state index in [1.807, 2.05) is 0 Å². The molecule has 10 heteroatoms. The number of carbonyl (C=O) groups is 3. The highest BCUT2D eigenvalue weighted by Gasteiger charge is 2.32. The standard InChI is InChI=1S/C27H26N2O8/c28-21(27(35)36)3-1-2-10-29-25(32)14-4-7-17(20(11-14)26(33)34)24-18-8-5-15(30)12-22(18)37-23-13-16(31)6-9-19(23)24/h4-9,11-13,21,24,30-31H,1-3,10,28H2,(H,29,32)(H,33,34)(H,35,36)/t21-/m0/s1. The molecular formula is C27H26N2O8. The number of phenolic OH excluding ortho intramolecular Hbond substituents is 2. The number of benzene rings is 3. The zero-order valence-corrected chi connectivity index (χ0v) is 19.7. The first-order chi connectivity index (χ1) is 17.7. The highest BCUT2D eigenvalue weighted by Crippen LogP contribution is 2.49. The van der Waals surface area contributed by atoms with E-state index in [9.17, 15) is 29.7 Å². The number of carbonyl (C=O) groups excluding carboxylic acids is 1. The topological polar surface area (TPSA) is 179 Å². The SMILES string of the molecule is N[C@@H](CCCCNC(=O)c1ccc(C2c3ccc(O)cc3Oc3cc(O)ccc32)c(C(=O)O)c1)C(=O)O. The summed E-state index contributed by atoms with van der Waals surface area (Å²) in [5, 5.41) is 41.5. The van der Waals surface area contributed by atoms with Gasteiger partial charge < -0.3 is 36.2 Å². The minimum atomic E-state index is -1.22. The molecule has 0 saturated heterocycles. The number of ether oxygens (including phenoxy) is 1. The number of hydrogen-bond donors (Lipinski definition) is 6. The number of unbranched alkanes of at least 4 members (excludes halogenated alkanes) is 1. The number of aromatic hydroxyl groups is 2. The zero-order chi connectivity index (χ0) is 26.7. The lowest BCUT2D eigenvalue weighted by Gasteiger charge is -2.29. The molecule has 3 aromatic carbocycles. The largest absolute Gasteiger partial charge is 0.508 e. The highest BCUT2D eigenvalue weighted by molar-refractivity contribution is 5.98. The predicted molar refractivity (Wildman–Crippen MR) is 132 cm³/mol. The Morgan fingerprint density at radius 2 is 1.46 bits per heavy atom. The third-order valence-corrected chi connectivity index (χ3v) is 6.24. The summed E-state index contributed by atoms with van der Waals surface area (Å²) in [6.45, 7) is 0.281. The van der Waals surface area contributed by atoms with Crippen LogP contribution in [-0.2, 0) is 4.79 Å². The number of aliphatic carboxylic acids is 1. The molecule has 1 heterocycles. The van der Waals surface area contributed by atoms with E-state index in [4.69, 9.17) is 15.6 Å². The van der Waals surface area contributed by atoms with Crippen molar-refractivity contribution in [3.63, 3.8) is 0 Å². The van der Waals surface area contributed by atoms with Crippen LogP contribution in [0.1, 0.15) is 62.6 Å². The Hall–Kier alpha value is -4.57. The summed E-state index contributed by atoms with van der Waals surface area (Å²) in [6, 6.07) is 12.6. The second-order valence-corrected chi connectivity index (χ2v) is 8.78. The van der Waals surface area contributed by atoms with Crippen molar-refractivity contribution in [2.24, 2.45) is 5.73 Å². The molecule has 0 bridgehead atoms. The van der Waals surface area contributed by atoms with Gasteiger partial charge in [0.15, 0.2) is 0 Å². The number of nitrogens with two attached hydrogens (primary N) is 1. The fraction of sp³-hybridized carbons (Fsp3) is 0.222. The maximum Gasteiger partial charge on any atom is 0.336 e. The van der Waals surface area contributed by atoms with Gasteiger partial charge in [0.2, 0.25) is 0 Å². The molecule has 37 heavy (non-hydrogen) atoms. The summed E-state index contributed by atoms with van der Waals surface area (Å²) in [7, 11) is 0. The van der Waals surface area contributed by atoms with E-state index in [1.165, 1.54) is 36.4 Å². The molecule has 0 fully saturated rings. The molecule has 4 rings (SSSR count). The molecule has 0 radical (unpaired) electrons. The van der Waals surface area contributed by atoms with Crippen LogP contribution in [0.15, 0.2) is 54.6 Å². The van der Waals surface area contributed by atoms with Crippen LogP contribution >= 0.6 is 0 Å². The Bertz CT molecular complexity index is 1320. The third-order valence-electron chi connectivity index (χ3n) is 6.24. The van der Waals surface area contributed by atoms with E-state index in [0.717, 1.165) is 0 Å². The smallest absolute Gasteiger partial charge is 0.336 e. The number of rotatable bonds is 9. The van der Waals surface area contributed by atoms with Gasteiger partial charge in [0.1, 0.15) is 29.0 Å². The number of hydrogen-bond acceptors (Lipinski definition) is 7. The third kappa shape index (κ3) is 5.49. The molecule has 10 nitrogen and oxygen atoms in total. The molecule has 0 spiro atoms. The van der Waals surface area contributed by atoms with Crippen LogP contribution in [0.5, 0.6) is 23.0 Å². The maximum atomic E-state index is 12.7. The highest BCUT2D eigenvalue weighted by atomic mass is 16.5. The van der Waals surface area contributed by atoms with Gasteiger partial charge in [-0.15, -0.1) is 0 Å². The van der Waals surface area contributed by atoms with Gasteiger partial charge in [-0.2, -0.15) is 0 Å². The molecule has 3 aromatic rings. The second kappa shape index (κ2) is 10.6. The fourth-order valence-corrected chi connectivity index (χ4v) is 4.37. The Balaban J connectivity index is 1.61. The van der Waals surface area contributed by atoms with Crippen LogP contribution in [0.25, 0.3) is 0 Å². The molecule has 0 unspecified atom stereocenters. The van der Waals surface area contributed by atoms with Gasteiger partial charge in [-0.3, -0.25) is 9.59 Å². The monoisotopic (exact) mass is 506 g/mol. The molecule has 1 aliphatic rings. The average molecular weight is 507 g/mol. The van der Waals surface area contributed by atoms with E-state index < -0.39 is 29.8 Å². The first kappa shape index (κ1) is 25.5. The van der Waals surface area contributed by atoms with Crippen molar-refractivity contribution in [1.82, 2.24) is 5.32 Å². The second-order valence-electron chi connectivity index (χ2n) is 8.78. The lowest BCUT2D eigenvalue weighted by molar-refractivity contribution is -0.138. The summed E-state index contributed by atoms with van der Waals surface area (Å²) in [6.07, 6.45) is 1.32. The van der Waals surface area contributed by atoms with Crippen molar-refractivity contribution in [2.75, 3.05) is 6.54 Å². The molecular weight excluding hydrogens is 480 g/mol. The van der Waals surface area contributed by atoms with Gasteiger partial charge >= 0.3 is 11.9 Å². The summed E-state index contributed by atoms with van der Waals surface area (Å²) in [5.74, 6) is -2.77. The van der Waals surface area contributed by atoms with Crippen molar-refractivity contribution in [3.8, 4) is 23.0 Å². The number of phenols is 2. The van der Waals surface area contributed by atoms with Crippen LogP contribution < -0.4 is 15.8 Å². The number of aromatic carboxylic acids is 1. The molecule has 0 saturated carbocycles. The first-order valence-electron chi connectivity index (χ1n) is 11.6. The Kier molecular flexibility index (Phi) is 7.30.